The lowest BCUT2D eigenvalue weighted by molar-refractivity contribution is -0.149. The number of aliphatic hydroxyl groups is 2. The molecule has 6 nitrogen and oxygen atoms in total. The Balaban J connectivity index is 1.83. The highest BCUT2D eigenvalue weighted by molar-refractivity contribution is 5.87. The van der Waals surface area contributed by atoms with Gasteiger partial charge in [-0.25, -0.2) is 4.79 Å². The largest absolute Gasteiger partial charge is 0.465 e. The van der Waals surface area contributed by atoms with Crippen LogP contribution in [0.2, 0.25) is 0 Å². The summed E-state index contributed by atoms with van der Waals surface area (Å²) in [5, 5.41) is 18.2. The second-order valence-corrected chi connectivity index (χ2v) is 10.8. The third kappa shape index (κ3) is 10.1. The number of allylic oxidation sites excluding steroid dienone is 1. The Labute approximate surface area is 212 Å². The second-order valence-electron chi connectivity index (χ2n) is 10.8. The molecule has 0 aromatic rings. The van der Waals surface area contributed by atoms with Crippen LogP contribution in [0.3, 0.4) is 0 Å². The van der Waals surface area contributed by atoms with Gasteiger partial charge in [0.25, 0.3) is 0 Å². The van der Waals surface area contributed by atoms with Crippen molar-refractivity contribution in [3.63, 3.8) is 0 Å². The van der Waals surface area contributed by atoms with Crippen LogP contribution in [0.25, 0.3) is 0 Å². The van der Waals surface area contributed by atoms with E-state index in [1.807, 2.05) is 6.08 Å². The summed E-state index contributed by atoms with van der Waals surface area (Å²) < 4.78 is 10.7. The molecular formula is C29H48O6. The number of carbonyl (C=O) groups is 2. The zero-order valence-electron chi connectivity index (χ0n) is 21.8. The fourth-order valence-electron chi connectivity index (χ4n) is 6.00. The van der Waals surface area contributed by atoms with Crippen LogP contribution in [-0.2, 0) is 19.1 Å². The minimum absolute atomic E-state index is 0.0631. The summed E-state index contributed by atoms with van der Waals surface area (Å²) in [5.74, 6) is 1.96. The number of aliphatic hydroxyl groups excluding tert-OH is 2. The van der Waals surface area contributed by atoms with Crippen molar-refractivity contribution in [1.82, 2.24) is 0 Å². The van der Waals surface area contributed by atoms with Gasteiger partial charge < -0.3 is 19.7 Å². The number of ether oxygens (including phenoxy) is 2. The van der Waals surface area contributed by atoms with E-state index >= 15 is 0 Å². The minimum Gasteiger partial charge on any atom is -0.465 e. The van der Waals surface area contributed by atoms with Gasteiger partial charge in [-0.05, 0) is 101 Å². The highest BCUT2D eigenvalue weighted by Crippen LogP contribution is 2.44. The Bertz CT molecular complexity index is 658. The van der Waals surface area contributed by atoms with Crippen LogP contribution < -0.4 is 0 Å². The molecule has 2 aliphatic rings. The summed E-state index contributed by atoms with van der Waals surface area (Å²) in [5.41, 5.74) is 0.0631. The molecule has 35 heavy (non-hydrogen) atoms. The Morgan fingerprint density at radius 1 is 0.943 bits per heavy atom. The van der Waals surface area contributed by atoms with Crippen LogP contribution in [0.5, 0.6) is 0 Å². The van der Waals surface area contributed by atoms with E-state index in [4.69, 9.17) is 19.7 Å². The molecule has 0 bridgehead atoms. The first kappa shape index (κ1) is 29.6. The fraction of sp³-hybridized carbons (Fsp3) is 0.793. The molecule has 0 amide bonds. The van der Waals surface area contributed by atoms with Gasteiger partial charge in [0.1, 0.15) is 0 Å². The maximum atomic E-state index is 12.0. The van der Waals surface area contributed by atoms with Crippen LogP contribution in [0.15, 0.2) is 24.8 Å². The molecule has 0 radical (unpaired) electrons. The maximum Gasteiger partial charge on any atom is 0.335 e. The van der Waals surface area contributed by atoms with E-state index in [9.17, 15) is 9.59 Å². The number of hydrogen-bond donors (Lipinski definition) is 2. The average Bonchev–Trinajstić information content (AvgIpc) is 2.90. The van der Waals surface area contributed by atoms with Gasteiger partial charge in [-0.1, -0.05) is 25.5 Å². The number of carbonyl (C=O) groups excluding carboxylic acids is 2. The molecule has 2 aliphatic carbocycles. The van der Waals surface area contributed by atoms with Crippen molar-refractivity contribution in [3.8, 4) is 0 Å². The van der Waals surface area contributed by atoms with Crippen LogP contribution in [0.4, 0.5) is 0 Å². The van der Waals surface area contributed by atoms with Gasteiger partial charge in [-0.15, -0.1) is 6.58 Å². The van der Waals surface area contributed by atoms with Gasteiger partial charge >= 0.3 is 11.9 Å². The predicted octanol–water partition coefficient (Wildman–Crippen LogP) is 5.23. The third-order valence-corrected chi connectivity index (χ3v) is 8.43. The van der Waals surface area contributed by atoms with E-state index < -0.39 is 18.5 Å². The van der Waals surface area contributed by atoms with Crippen molar-refractivity contribution in [2.24, 2.45) is 35.5 Å². The Morgan fingerprint density at radius 3 is 2.06 bits per heavy atom. The topological polar surface area (TPSA) is 93.1 Å². The van der Waals surface area contributed by atoms with E-state index in [0.717, 1.165) is 30.6 Å². The smallest absolute Gasteiger partial charge is 0.335 e. The molecule has 0 heterocycles. The lowest BCUT2D eigenvalue weighted by Gasteiger charge is -2.40. The average molecular weight is 493 g/mol. The van der Waals surface area contributed by atoms with Crippen LogP contribution in [0.1, 0.15) is 84.0 Å². The van der Waals surface area contributed by atoms with Crippen molar-refractivity contribution in [2.75, 3.05) is 26.4 Å². The van der Waals surface area contributed by atoms with Gasteiger partial charge in [-0.3, -0.25) is 4.79 Å². The van der Waals surface area contributed by atoms with Gasteiger partial charge in [0.2, 0.25) is 0 Å². The Morgan fingerprint density at radius 2 is 1.51 bits per heavy atom. The maximum absolute atomic E-state index is 12.0. The molecule has 2 atom stereocenters. The van der Waals surface area contributed by atoms with Crippen LogP contribution in [0, 0.1) is 35.5 Å². The Kier molecular flexibility index (Phi) is 13.6. The fourth-order valence-corrected chi connectivity index (χ4v) is 6.00. The van der Waals surface area contributed by atoms with Gasteiger partial charge in [-0.2, -0.15) is 0 Å². The monoisotopic (exact) mass is 492 g/mol. The van der Waals surface area contributed by atoms with Crippen molar-refractivity contribution >= 4 is 11.9 Å². The van der Waals surface area contributed by atoms with E-state index in [-0.39, 0.29) is 24.8 Å². The lowest BCUT2D eigenvalue weighted by atomic mass is 9.66. The van der Waals surface area contributed by atoms with E-state index in [1.165, 1.54) is 57.8 Å². The second kappa shape index (κ2) is 16.2. The predicted molar refractivity (Wildman–Crippen MR) is 137 cm³/mol. The van der Waals surface area contributed by atoms with Crippen molar-refractivity contribution in [1.29, 1.82) is 0 Å². The molecular weight excluding hydrogens is 444 g/mol. The van der Waals surface area contributed by atoms with Crippen molar-refractivity contribution < 1.29 is 29.3 Å². The lowest BCUT2D eigenvalue weighted by Crippen LogP contribution is -2.29. The molecule has 0 aromatic carbocycles. The summed E-state index contributed by atoms with van der Waals surface area (Å²) in [6.07, 6.45) is 16.2. The quantitative estimate of drug-likeness (QED) is 0.185. The molecule has 2 rings (SSSR count). The summed E-state index contributed by atoms with van der Waals surface area (Å²) >= 11 is 0. The third-order valence-electron chi connectivity index (χ3n) is 8.43. The summed E-state index contributed by atoms with van der Waals surface area (Å²) in [6.45, 7) is 9.01. The van der Waals surface area contributed by atoms with E-state index in [0.29, 0.717) is 24.9 Å². The van der Waals surface area contributed by atoms with Gasteiger partial charge in [0.15, 0.2) is 0 Å². The first-order valence-electron chi connectivity index (χ1n) is 13.7. The number of esters is 2. The molecule has 2 saturated carbocycles. The SMILES string of the molecule is C=CCCC1CCC(C2CCC(C(CCOC(=O)C(=C)CO)CCOC(=O)C(C)CO)CC2)CC1. The van der Waals surface area contributed by atoms with Gasteiger partial charge in [0.05, 0.1) is 37.9 Å². The number of hydrogen-bond acceptors (Lipinski definition) is 6. The number of rotatable bonds is 15. The van der Waals surface area contributed by atoms with E-state index in [1.54, 1.807) is 6.92 Å². The molecule has 0 spiro atoms. The van der Waals surface area contributed by atoms with Crippen LogP contribution in [-0.4, -0.2) is 48.6 Å². The first-order valence-corrected chi connectivity index (χ1v) is 13.7. The summed E-state index contributed by atoms with van der Waals surface area (Å²) in [7, 11) is 0. The van der Waals surface area contributed by atoms with Crippen molar-refractivity contribution in [3.05, 3.63) is 24.8 Å². The zero-order valence-corrected chi connectivity index (χ0v) is 21.8. The molecule has 2 N–H and O–H groups in total. The summed E-state index contributed by atoms with van der Waals surface area (Å²) in [6, 6.07) is 0. The molecule has 0 saturated heterocycles. The molecule has 200 valence electrons. The molecule has 0 aromatic heterocycles. The Hall–Kier alpha value is -1.66. The van der Waals surface area contributed by atoms with Gasteiger partial charge in [0, 0.05) is 0 Å². The molecule has 2 unspecified atom stereocenters. The summed E-state index contributed by atoms with van der Waals surface area (Å²) in [4.78, 5) is 23.8. The highest BCUT2D eigenvalue weighted by Gasteiger charge is 2.33. The minimum atomic E-state index is -0.554. The van der Waals surface area contributed by atoms with Crippen molar-refractivity contribution in [2.45, 2.75) is 84.0 Å². The van der Waals surface area contributed by atoms with Crippen LogP contribution >= 0.6 is 0 Å². The molecule has 0 aliphatic heterocycles. The highest BCUT2D eigenvalue weighted by atomic mass is 16.5. The standard InChI is InChI=1S/C29H48O6/c1-4-5-6-23-7-9-24(10-8-23)25-11-13-26(14-12-25)27(15-17-34-28(32)21(2)19-30)16-18-35-29(33)22(3)20-31/h4,22-27,30-31H,1-2,5-20H2,3H3. The first-order chi connectivity index (χ1) is 16.9. The normalized spacial score (nSPS) is 26.4. The zero-order chi connectivity index (χ0) is 25.6. The molecule has 6 heteroatoms. The molecule has 2 fully saturated rings. The van der Waals surface area contributed by atoms with E-state index in [2.05, 4.69) is 13.2 Å².